The van der Waals surface area contributed by atoms with Crippen molar-refractivity contribution in [1.29, 1.82) is 0 Å². The molecule has 1 aliphatic carbocycles. The SMILES string of the molecule is Cl.Cl.NC[C@H]1CCC[C@H]1C(=O)NCCNc1ncc(Cl)cc1Cl. The van der Waals surface area contributed by atoms with Gasteiger partial charge in [-0.15, -0.1) is 24.8 Å². The molecule has 23 heavy (non-hydrogen) atoms. The van der Waals surface area contributed by atoms with Crippen LogP contribution in [0.15, 0.2) is 12.3 Å². The van der Waals surface area contributed by atoms with Gasteiger partial charge in [0, 0.05) is 25.2 Å². The minimum absolute atomic E-state index is 0. The van der Waals surface area contributed by atoms with Crippen LogP contribution in [0.5, 0.6) is 0 Å². The van der Waals surface area contributed by atoms with Crippen LogP contribution in [0, 0.1) is 11.8 Å². The minimum Gasteiger partial charge on any atom is -0.367 e. The third-order valence-corrected chi connectivity index (χ3v) is 4.32. The van der Waals surface area contributed by atoms with Crippen molar-refractivity contribution in [3.8, 4) is 0 Å². The van der Waals surface area contributed by atoms with Crippen LogP contribution >= 0.6 is 48.0 Å². The molecule has 1 aromatic heterocycles. The average Bonchev–Trinajstić information content (AvgIpc) is 2.93. The fraction of sp³-hybridized carbons (Fsp3) is 0.571. The summed E-state index contributed by atoms with van der Waals surface area (Å²) in [4.78, 5) is 16.2. The third-order valence-electron chi connectivity index (χ3n) is 3.82. The molecule has 1 amide bonds. The zero-order valence-corrected chi connectivity index (χ0v) is 15.7. The summed E-state index contributed by atoms with van der Waals surface area (Å²) in [5, 5.41) is 6.97. The van der Waals surface area contributed by atoms with E-state index in [9.17, 15) is 4.79 Å². The van der Waals surface area contributed by atoms with Crippen molar-refractivity contribution >= 4 is 59.7 Å². The number of hydrogen-bond acceptors (Lipinski definition) is 4. The number of anilines is 1. The van der Waals surface area contributed by atoms with Crippen molar-refractivity contribution in [3.63, 3.8) is 0 Å². The summed E-state index contributed by atoms with van der Waals surface area (Å²) >= 11 is 11.8. The van der Waals surface area contributed by atoms with Gasteiger partial charge in [0.05, 0.1) is 10.0 Å². The molecule has 0 saturated heterocycles. The van der Waals surface area contributed by atoms with E-state index in [4.69, 9.17) is 28.9 Å². The molecule has 0 aromatic carbocycles. The maximum Gasteiger partial charge on any atom is 0.223 e. The van der Waals surface area contributed by atoms with Crippen molar-refractivity contribution in [2.24, 2.45) is 17.6 Å². The normalized spacial score (nSPS) is 19.4. The lowest BCUT2D eigenvalue weighted by Crippen LogP contribution is -2.37. The van der Waals surface area contributed by atoms with Crippen molar-refractivity contribution in [3.05, 3.63) is 22.3 Å². The molecule has 1 aromatic rings. The van der Waals surface area contributed by atoms with Gasteiger partial charge in [0.1, 0.15) is 5.82 Å². The zero-order valence-electron chi connectivity index (χ0n) is 12.6. The Morgan fingerprint density at radius 1 is 1.30 bits per heavy atom. The van der Waals surface area contributed by atoms with Gasteiger partial charge in [-0.1, -0.05) is 29.6 Å². The highest BCUT2D eigenvalue weighted by Gasteiger charge is 2.31. The Morgan fingerprint density at radius 3 is 2.70 bits per heavy atom. The smallest absolute Gasteiger partial charge is 0.223 e. The van der Waals surface area contributed by atoms with Gasteiger partial charge in [-0.2, -0.15) is 0 Å². The highest BCUT2D eigenvalue weighted by Crippen LogP contribution is 2.30. The summed E-state index contributed by atoms with van der Waals surface area (Å²) in [5.74, 6) is 1.05. The van der Waals surface area contributed by atoms with Crippen LogP contribution in [0.2, 0.25) is 10.0 Å². The predicted molar refractivity (Wildman–Crippen MR) is 100 cm³/mol. The van der Waals surface area contributed by atoms with Gasteiger partial charge < -0.3 is 16.4 Å². The van der Waals surface area contributed by atoms with Crippen LogP contribution in [-0.2, 0) is 4.79 Å². The summed E-state index contributed by atoms with van der Waals surface area (Å²) in [7, 11) is 0. The number of nitrogens with two attached hydrogens (primary N) is 1. The van der Waals surface area contributed by atoms with E-state index in [1.807, 2.05) is 0 Å². The molecule has 9 heteroatoms. The molecule has 2 rings (SSSR count). The second kappa shape index (κ2) is 11.2. The number of aromatic nitrogens is 1. The van der Waals surface area contributed by atoms with E-state index in [1.54, 1.807) is 6.07 Å². The number of nitrogens with zero attached hydrogens (tertiary/aromatic N) is 1. The lowest BCUT2D eigenvalue weighted by atomic mass is 9.95. The summed E-state index contributed by atoms with van der Waals surface area (Å²) in [6, 6.07) is 1.63. The molecule has 1 saturated carbocycles. The van der Waals surface area contributed by atoms with Crippen LogP contribution in [0.4, 0.5) is 5.82 Å². The number of hydrogen-bond donors (Lipinski definition) is 3. The van der Waals surface area contributed by atoms with E-state index in [0.717, 1.165) is 19.3 Å². The third kappa shape index (κ3) is 6.51. The van der Waals surface area contributed by atoms with Crippen LogP contribution < -0.4 is 16.4 Å². The fourth-order valence-corrected chi connectivity index (χ4v) is 3.15. The number of rotatable bonds is 6. The van der Waals surface area contributed by atoms with Gasteiger partial charge in [0.15, 0.2) is 0 Å². The van der Waals surface area contributed by atoms with Gasteiger partial charge in [-0.25, -0.2) is 4.98 Å². The molecule has 1 fully saturated rings. The van der Waals surface area contributed by atoms with Gasteiger partial charge in [-0.3, -0.25) is 4.79 Å². The summed E-state index contributed by atoms with van der Waals surface area (Å²) in [6.07, 6.45) is 4.60. The van der Waals surface area contributed by atoms with Gasteiger partial charge in [0.2, 0.25) is 5.91 Å². The molecule has 1 heterocycles. The average molecular weight is 404 g/mol. The summed E-state index contributed by atoms with van der Waals surface area (Å²) in [6.45, 7) is 1.66. The number of pyridine rings is 1. The Balaban J connectivity index is 0.00000242. The first-order valence-corrected chi connectivity index (χ1v) is 7.90. The summed E-state index contributed by atoms with van der Waals surface area (Å²) in [5.41, 5.74) is 5.70. The number of amides is 1. The van der Waals surface area contributed by atoms with Crippen LogP contribution in [0.25, 0.3) is 0 Å². The molecule has 2 atom stereocenters. The second-order valence-electron chi connectivity index (χ2n) is 5.23. The molecule has 0 radical (unpaired) electrons. The highest BCUT2D eigenvalue weighted by atomic mass is 35.5. The largest absolute Gasteiger partial charge is 0.367 e. The molecular weight excluding hydrogens is 382 g/mol. The fourth-order valence-electron chi connectivity index (χ4n) is 2.71. The van der Waals surface area contributed by atoms with Crippen LogP contribution in [0.3, 0.4) is 0 Å². The molecule has 4 N–H and O–H groups in total. The van der Waals surface area contributed by atoms with Crippen molar-refractivity contribution < 1.29 is 4.79 Å². The quantitative estimate of drug-likeness (QED) is 0.637. The number of halogens is 4. The molecular formula is C14H22Cl4N4O. The first-order valence-electron chi connectivity index (χ1n) is 7.14. The van der Waals surface area contributed by atoms with E-state index in [-0.39, 0.29) is 36.6 Å². The Bertz CT molecular complexity index is 504. The zero-order chi connectivity index (χ0) is 15.2. The van der Waals surface area contributed by atoms with E-state index in [2.05, 4.69) is 15.6 Å². The topological polar surface area (TPSA) is 80.0 Å². The van der Waals surface area contributed by atoms with E-state index >= 15 is 0 Å². The molecule has 0 unspecified atom stereocenters. The van der Waals surface area contributed by atoms with E-state index < -0.39 is 0 Å². The number of carbonyl (C=O) groups excluding carboxylic acids is 1. The maximum absolute atomic E-state index is 12.1. The number of carbonyl (C=O) groups is 1. The molecule has 132 valence electrons. The molecule has 5 nitrogen and oxygen atoms in total. The summed E-state index contributed by atoms with van der Waals surface area (Å²) < 4.78 is 0. The molecule has 0 aliphatic heterocycles. The lowest BCUT2D eigenvalue weighted by molar-refractivity contribution is -0.125. The minimum atomic E-state index is 0. The van der Waals surface area contributed by atoms with E-state index in [1.165, 1.54) is 6.20 Å². The molecule has 0 bridgehead atoms. The van der Waals surface area contributed by atoms with E-state index in [0.29, 0.717) is 41.4 Å². The van der Waals surface area contributed by atoms with Crippen LogP contribution in [0.1, 0.15) is 19.3 Å². The first kappa shape index (κ1) is 22.5. The molecule has 1 aliphatic rings. The van der Waals surface area contributed by atoms with Crippen LogP contribution in [-0.4, -0.2) is 30.5 Å². The lowest BCUT2D eigenvalue weighted by Gasteiger charge is -2.17. The van der Waals surface area contributed by atoms with Crippen molar-refractivity contribution in [2.45, 2.75) is 19.3 Å². The Hall–Kier alpha value is -0.460. The Labute approximate surface area is 158 Å². The Kier molecular flexibility index (Phi) is 10.9. The standard InChI is InChI=1S/C14H20Cl2N4O.2ClH/c15-10-6-12(16)13(20-8-10)18-4-5-19-14(21)11-3-1-2-9(11)7-17;;/h6,8-9,11H,1-5,7,17H2,(H,18,20)(H,19,21);2*1H/t9-,11-;;/m1../s1. The highest BCUT2D eigenvalue weighted by molar-refractivity contribution is 6.35. The van der Waals surface area contributed by atoms with Crippen molar-refractivity contribution in [1.82, 2.24) is 10.3 Å². The van der Waals surface area contributed by atoms with Gasteiger partial charge in [-0.05, 0) is 31.4 Å². The van der Waals surface area contributed by atoms with Crippen molar-refractivity contribution in [2.75, 3.05) is 25.0 Å². The molecule has 0 spiro atoms. The van der Waals surface area contributed by atoms with Gasteiger partial charge in [0.25, 0.3) is 0 Å². The number of nitrogens with one attached hydrogen (secondary N) is 2. The predicted octanol–water partition coefficient (Wildman–Crippen LogP) is 3.14. The second-order valence-corrected chi connectivity index (χ2v) is 6.08. The first-order chi connectivity index (χ1) is 10.1. The van der Waals surface area contributed by atoms with Gasteiger partial charge >= 0.3 is 0 Å². The monoisotopic (exact) mass is 402 g/mol. The maximum atomic E-state index is 12.1. The Morgan fingerprint density at radius 2 is 2.04 bits per heavy atom.